The summed E-state index contributed by atoms with van der Waals surface area (Å²) in [6, 6.07) is 12.6. The van der Waals surface area contributed by atoms with Crippen molar-refractivity contribution in [2.75, 3.05) is 6.54 Å². The van der Waals surface area contributed by atoms with Crippen molar-refractivity contribution in [1.82, 2.24) is 20.3 Å². The summed E-state index contributed by atoms with van der Waals surface area (Å²) in [6.45, 7) is 8.88. The van der Waals surface area contributed by atoms with Crippen LogP contribution in [0.15, 0.2) is 58.5 Å². The summed E-state index contributed by atoms with van der Waals surface area (Å²) in [7, 11) is -3.63. The van der Waals surface area contributed by atoms with E-state index in [0.717, 1.165) is 5.69 Å². The molecule has 2 rings (SSSR count). The van der Waals surface area contributed by atoms with Gasteiger partial charge < -0.3 is 10.6 Å². The number of pyridine rings is 1. The van der Waals surface area contributed by atoms with Crippen molar-refractivity contribution in [3.05, 3.63) is 59.9 Å². The van der Waals surface area contributed by atoms with E-state index in [9.17, 15) is 8.42 Å². The molecule has 0 radical (unpaired) electrons. The number of nitrogens with one attached hydrogen (secondary N) is 3. The van der Waals surface area contributed by atoms with Crippen molar-refractivity contribution >= 4 is 40.0 Å². The van der Waals surface area contributed by atoms with E-state index in [1.807, 2.05) is 52.0 Å². The van der Waals surface area contributed by atoms with Gasteiger partial charge in [-0.3, -0.25) is 4.98 Å². The molecule has 160 valence electrons. The minimum absolute atomic E-state index is 0. The topological polar surface area (TPSA) is 95.5 Å². The first kappa shape index (κ1) is 25.3. The van der Waals surface area contributed by atoms with Crippen LogP contribution in [0.5, 0.6) is 0 Å². The molecule has 0 atom stereocenters. The van der Waals surface area contributed by atoms with Crippen LogP contribution in [0.1, 0.15) is 39.0 Å². The zero-order valence-electron chi connectivity index (χ0n) is 17.3. The lowest BCUT2D eigenvalue weighted by atomic mass is 10.1. The zero-order valence-corrected chi connectivity index (χ0v) is 20.4. The van der Waals surface area contributed by atoms with Gasteiger partial charge in [-0.05, 0) is 51.5 Å². The molecule has 0 saturated heterocycles. The Labute approximate surface area is 190 Å². The molecule has 0 amide bonds. The van der Waals surface area contributed by atoms with Gasteiger partial charge in [0.1, 0.15) is 0 Å². The molecular formula is C20H30IN5O2S. The van der Waals surface area contributed by atoms with Gasteiger partial charge in [0.15, 0.2) is 5.96 Å². The molecular weight excluding hydrogens is 501 g/mol. The van der Waals surface area contributed by atoms with E-state index >= 15 is 0 Å². The van der Waals surface area contributed by atoms with Crippen molar-refractivity contribution in [2.24, 2.45) is 4.99 Å². The van der Waals surface area contributed by atoms with Gasteiger partial charge in [0.2, 0.25) is 10.0 Å². The molecule has 1 heterocycles. The molecule has 7 nitrogen and oxygen atoms in total. The molecule has 0 saturated carbocycles. The van der Waals surface area contributed by atoms with Gasteiger partial charge in [0.05, 0.1) is 23.7 Å². The van der Waals surface area contributed by atoms with E-state index in [1.165, 1.54) is 0 Å². The lowest BCUT2D eigenvalue weighted by molar-refractivity contribution is 0.491. The molecule has 0 unspecified atom stereocenters. The Balaban J connectivity index is 0.00000420. The van der Waals surface area contributed by atoms with Crippen LogP contribution in [0, 0.1) is 0 Å². The molecule has 1 aromatic carbocycles. The molecule has 0 aliphatic heterocycles. The monoisotopic (exact) mass is 531 g/mol. The average Bonchev–Trinajstić information content (AvgIpc) is 2.63. The summed E-state index contributed by atoms with van der Waals surface area (Å²) in [6.07, 6.45) is 1.74. The number of hydrogen-bond donors (Lipinski definition) is 3. The van der Waals surface area contributed by atoms with Crippen molar-refractivity contribution in [2.45, 2.75) is 51.2 Å². The van der Waals surface area contributed by atoms with Crippen molar-refractivity contribution in [1.29, 1.82) is 0 Å². The van der Waals surface area contributed by atoms with Gasteiger partial charge in [-0.2, -0.15) is 0 Å². The molecule has 0 spiro atoms. The molecule has 2 aromatic rings. The Morgan fingerprint density at radius 3 is 2.38 bits per heavy atom. The van der Waals surface area contributed by atoms with E-state index < -0.39 is 15.6 Å². The first-order valence-electron chi connectivity index (χ1n) is 9.25. The fourth-order valence-corrected chi connectivity index (χ4v) is 4.19. The summed E-state index contributed by atoms with van der Waals surface area (Å²) in [4.78, 5) is 9.07. The van der Waals surface area contributed by atoms with Crippen molar-refractivity contribution in [3.8, 4) is 0 Å². The van der Waals surface area contributed by atoms with E-state index in [1.54, 1.807) is 24.4 Å². The van der Waals surface area contributed by atoms with E-state index in [2.05, 4.69) is 25.3 Å². The van der Waals surface area contributed by atoms with Gasteiger partial charge in [0, 0.05) is 18.3 Å². The van der Waals surface area contributed by atoms with Gasteiger partial charge >= 0.3 is 0 Å². The fraction of sp³-hybridized carbons (Fsp3) is 0.400. The second-order valence-electron chi connectivity index (χ2n) is 7.33. The largest absolute Gasteiger partial charge is 0.357 e. The third kappa shape index (κ3) is 8.67. The van der Waals surface area contributed by atoms with Crippen LogP contribution >= 0.6 is 24.0 Å². The van der Waals surface area contributed by atoms with Crippen LogP contribution in [0.2, 0.25) is 0 Å². The number of nitrogens with zero attached hydrogens (tertiary/aromatic N) is 2. The Morgan fingerprint density at radius 2 is 1.76 bits per heavy atom. The SMILES string of the molecule is CCNC(=NCc1ccccc1S(=O)(=O)NC(C)(C)C)NCc1ccccn1.I. The minimum Gasteiger partial charge on any atom is -0.357 e. The first-order valence-corrected chi connectivity index (χ1v) is 10.7. The highest BCUT2D eigenvalue weighted by Gasteiger charge is 2.24. The van der Waals surface area contributed by atoms with Crippen LogP contribution < -0.4 is 15.4 Å². The van der Waals surface area contributed by atoms with Crippen LogP contribution in [-0.2, 0) is 23.1 Å². The minimum atomic E-state index is -3.63. The third-order valence-corrected chi connectivity index (χ3v) is 5.48. The van der Waals surface area contributed by atoms with E-state index in [-0.39, 0.29) is 35.4 Å². The number of aliphatic imine (C=N–C) groups is 1. The number of aromatic nitrogens is 1. The molecule has 0 fully saturated rings. The first-order chi connectivity index (χ1) is 13.2. The number of rotatable bonds is 7. The Morgan fingerprint density at radius 1 is 1.07 bits per heavy atom. The molecule has 1 aromatic heterocycles. The standard InChI is InChI=1S/C20H29N5O2S.HI/c1-5-21-19(24-15-17-11-8-9-13-22-17)23-14-16-10-6-7-12-18(16)28(26,27)25-20(2,3)4;/h6-13,25H,5,14-15H2,1-4H3,(H2,21,23,24);1H. The maximum atomic E-state index is 12.8. The summed E-state index contributed by atoms with van der Waals surface area (Å²) in [5, 5.41) is 6.38. The Bertz CT molecular complexity index is 897. The van der Waals surface area contributed by atoms with Crippen LogP contribution in [0.3, 0.4) is 0 Å². The van der Waals surface area contributed by atoms with Gasteiger partial charge in [-0.25, -0.2) is 18.1 Å². The van der Waals surface area contributed by atoms with Gasteiger partial charge in [-0.15, -0.1) is 24.0 Å². The highest BCUT2D eigenvalue weighted by Crippen LogP contribution is 2.18. The van der Waals surface area contributed by atoms with E-state index in [0.29, 0.717) is 24.6 Å². The summed E-state index contributed by atoms with van der Waals surface area (Å²) in [5.74, 6) is 0.601. The quantitative estimate of drug-likeness (QED) is 0.290. The number of guanidine groups is 1. The second kappa shape index (κ2) is 11.5. The fourth-order valence-electron chi connectivity index (χ4n) is 2.54. The highest BCUT2D eigenvalue weighted by molar-refractivity contribution is 14.0. The van der Waals surface area contributed by atoms with Crippen molar-refractivity contribution < 1.29 is 8.42 Å². The van der Waals surface area contributed by atoms with Gasteiger partial charge in [-0.1, -0.05) is 24.3 Å². The summed E-state index contributed by atoms with van der Waals surface area (Å²) < 4.78 is 28.2. The molecule has 9 heteroatoms. The summed E-state index contributed by atoms with van der Waals surface area (Å²) in [5.41, 5.74) is 0.966. The number of sulfonamides is 1. The number of benzene rings is 1. The Hall–Kier alpha value is -1.72. The van der Waals surface area contributed by atoms with Crippen LogP contribution in [0.25, 0.3) is 0 Å². The third-order valence-electron chi connectivity index (χ3n) is 3.62. The van der Waals surface area contributed by atoms with Crippen LogP contribution in [0.4, 0.5) is 0 Å². The van der Waals surface area contributed by atoms with Gasteiger partial charge in [0.25, 0.3) is 0 Å². The molecule has 0 bridgehead atoms. The number of halogens is 1. The number of hydrogen-bond acceptors (Lipinski definition) is 4. The molecule has 0 aliphatic rings. The maximum Gasteiger partial charge on any atom is 0.241 e. The smallest absolute Gasteiger partial charge is 0.241 e. The lowest BCUT2D eigenvalue weighted by Gasteiger charge is -2.21. The normalized spacial score (nSPS) is 12.2. The lowest BCUT2D eigenvalue weighted by Crippen LogP contribution is -2.40. The highest BCUT2D eigenvalue weighted by atomic mass is 127. The second-order valence-corrected chi connectivity index (χ2v) is 8.98. The summed E-state index contributed by atoms with van der Waals surface area (Å²) >= 11 is 0. The average molecular weight is 531 g/mol. The molecule has 0 aliphatic carbocycles. The molecule has 29 heavy (non-hydrogen) atoms. The van der Waals surface area contributed by atoms with Crippen molar-refractivity contribution in [3.63, 3.8) is 0 Å². The van der Waals surface area contributed by atoms with Crippen LogP contribution in [-0.4, -0.2) is 31.4 Å². The predicted molar refractivity (Wildman–Crippen MR) is 128 cm³/mol. The zero-order chi connectivity index (χ0) is 20.6. The Kier molecular flexibility index (Phi) is 10.0. The van der Waals surface area contributed by atoms with E-state index in [4.69, 9.17) is 0 Å². The predicted octanol–water partition coefficient (Wildman–Crippen LogP) is 3.03. The maximum absolute atomic E-state index is 12.8. The molecule has 3 N–H and O–H groups in total.